The molecule has 1 amide bonds. The normalized spacial score (nSPS) is 17.0. The Balaban J connectivity index is 1.93. The van der Waals surface area contributed by atoms with Crippen molar-refractivity contribution in [1.82, 2.24) is 25.0 Å². The largest absolute Gasteiger partial charge is 0.497 e. The van der Waals surface area contributed by atoms with Gasteiger partial charge in [-0.05, 0) is 77.9 Å². The highest BCUT2D eigenvalue weighted by Crippen LogP contribution is 2.31. The molecule has 0 radical (unpaired) electrons. The third-order valence-electron chi connectivity index (χ3n) is 5.38. The maximum atomic E-state index is 12.5. The maximum absolute atomic E-state index is 12.5. The molecule has 3 rings (SSSR count). The molecule has 30 heavy (non-hydrogen) atoms. The minimum atomic E-state index is -0.272. The molecule has 1 fully saturated rings. The Morgan fingerprint density at radius 1 is 1.07 bits per heavy atom. The zero-order valence-corrected chi connectivity index (χ0v) is 19.4. The SMILES string of the molecule is COc1ccc(-n2c(S[C@H](C)C(=O)NC(C)C)nnc2[C@H](C)N2CCCCC2)cc1. The summed E-state index contributed by atoms with van der Waals surface area (Å²) in [4.78, 5) is 14.9. The number of methoxy groups -OCH3 is 1. The van der Waals surface area contributed by atoms with Gasteiger partial charge in [-0.3, -0.25) is 14.3 Å². The summed E-state index contributed by atoms with van der Waals surface area (Å²) in [6, 6.07) is 8.15. The molecule has 0 unspecified atom stereocenters. The molecule has 2 heterocycles. The van der Waals surface area contributed by atoms with Crippen LogP contribution >= 0.6 is 11.8 Å². The van der Waals surface area contributed by atoms with Gasteiger partial charge in [0.2, 0.25) is 5.91 Å². The first-order valence-corrected chi connectivity index (χ1v) is 11.6. The van der Waals surface area contributed by atoms with E-state index in [-0.39, 0.29) is 23.2 Å². The minimum Gasteiger partial charge on any atom is -0.497 e. The van der Waals surface area contributed by atoms with Crippen LogP contribution in [0.15, 0.2) is 29.4 Å². The number of nitrogens with one attached hydrogen (secondary N) is 1. The lowest BCUT2D eigenvalue weighted by Crippen LogP contribution is -2.36. The summed E-state index contributed by atoms with van der Waals surface area (Å²) in [5, 5.41) is 12.5. The Morgan fingerprint density at radius 3 is 2.33 bits per heavy atom. The Bertz CT molecular complexity index is 831. The molecule has 7 nitrogen and oxygen atoms in total. The van der Waals surface area contributed by atoms with Crippen molar-refractivity contribution in [1.29, 1.82) is 0 Å². The van der Waals surface area contributed by atoms with Gasteiger partial charge in [-0.15, -0.1) is 10.2 Å². The number of carbonyl (C=O) groups excluding carboxylic acids is 1. The van der Waals surface area contributed by atoms with E-state index in [0.29, 0.717) is 0 Å². The molecule has 1 aromatic heterocycles. The lowest BCUT2D eigenvalue weighted by molar-refractivity contribution is -0.120. The number of rotatable bonds is 8. The molecule has 8 heteroatoms. The first-order chi connectivity index (χ1) is 14.4. The van der Waals surface area contributed by atoms with Crippen LogP contribution in [-0.4, -0.2) is 57.1 Å². The van der Waals surface area contributed by atoms with E-state index < -0.39 is 0 Å². The zero-order chi connectivity index (χ0) is 21.7. The van der Waals surface area contributed by atoms with Crippen molar-refractivity contribution in [3.05, 3.63) is 30.1 Å². The predicted octanol–water partition coefficient (Wildman–Crippen LogP) is 3.83. The summed E-state index contributed by atoms with van der Waals surface area (Å²) in [7, 11) is 1.66. The fourth-order valence-electron chi connectivity index (χ4n) is 3.68. The molecule has 2 atom stereocenters. The molecule has 0 aliphatic carbocycles. The predicted molar refractivity (Wildman–Crippen MR) is 120 cm³/mol. The van der Waals surface area contributed by atoms with Crippen LogP contribution in [0.3, 0.4) is 0 Å². The molecule has 1 aliphatic rings. The Hall–Kier alpha value is -2.06. The van der Waals surface area contributed by atoms with E-state index in [0.717, 1.165) is 35.5 Å². The fraction of sp³-hybridized carbons (Fsp3) is 0.591. The highest BCUT2D eigenvalue weighted by molar-refractivity contribution is 8.00. The number of likely N-dealkylation sites (tertiary alicyclic amines) is 1. The van der Waals surface area contributed by atoms with Crippen molar-refractivity contribution in [2.75, 3.05) is 20.2 Å². The molecule has 1 aromatic carbocycles. The van der Waals surface area contributed by atoms with E-state index in [2.05, 4.69) is 31.9 Å². The highest BCUT2D eigenvalue weighted by Gasteiger charge is 2.27. The number of aromatic nitrogens is 3. The molecule has 1 aliphatic heterocycles. The van der Waals surface area contributed by atoms with Crippen LogP contribution in [0.25, 0.3) is 5.69 Å². The number of hydrogen-bond acceptors (Lipinski definition) is 6. The van der Waals surface area contributed by atoms with Gasteiger partial charge in [0, 0.05) is 11.7 Å². The van der Waals surface area contributed by atoms with E-state index in [1.807, 2.05) is 45.0 Å². The van der Waals surface area contributed by atoms with Crippen molar-refractivity contribution in [2.45, 2.75) is 69.4 Å². The highest BCUT2D eigenvalue weighted by atomic mass is 32.2. The Kier molecular flexibility index (Phi) is 7.77. The first-order valence-electron chi connectivity index (χ1n) is 10.7. The van der Waals surface area contributed by atoms with Gasteiger partial charge in [0.05, 0.1) is 18.4 Å². The average molecular weight is 432 g/mol. The summed E-state index contributed by atoms with van der Waals surface area (Å²) in [5.74, 6) is 1.71. The second-order valence-electron chi connectivity index (χ2n) is 8.07. The van der Waals surface area contributed by atoms with Crippen LogP contribution in [0.4, 0.5) is 0 Å². The smallest absolute Gasteiger partial charge is 0.233 e. The number of nitrogens with zero attached hydrogens (tertiary/aromatic N) is 4. The molecule has 0 saturated carbocycles. The second-order valence-corrected chi connectivity index (χ2v) is 9.38. The quantitative estimate of drug-likeness (QED) is 0.641. The van der Waals surface area contributed by atoms with E-state index in [4.69, 9.17) is 4.74 Å². The topological polar surface area (TPSA) is 72.3 Å². The Labute approximate surface area is 183 Å². The molecule has 0 bridgehead atoms. The van der Waals surface area contributed by atoms with Gasteiger partial charge >= 0.3 is 0 Å². The molecule has 0 spiro atoms. The van der Waals surface area contributed by atoms with Gasteiger partial charge in [-0.2, -0.15) is 0 Å². The summed E-state index contributed by atoms with van der Waals surface area (Å²) < 4.78 is 7.40. The summed E-state index contributed by atoms with van der Waals surface area (Å²) in [5.41, 5.74) is 0.971. The van der Waals surface area contributed by atoms with Crippen molar-refractivity contribution >= 4 is 17.7 Å². The number of piperidine rings is 1. The minimum absolute atomic E-state index is 0.00455. The van der Waals surface area contributed by atoms with Gasteiger partial charge in [0.1, 0.15) is 5.75 Å². The first kappa shape index (κ1) is 22.6. The molecular weight excluding hydrogens is 398 g/mol. The third kappa shape index (κ3) is 5.35. The fourth-order valence-corrected chi connectivity index (χ4v) is 4.57. The van der Waals surface area contributed by atoms with E-state index in [1.54, 1.807) is 7.11 Å². The van der Waals surface area contributed by atoms with Crippen LogP contribution in [0.1, 0.15) is 58.8 Å². The van der Waals surface area contributed by atoms with Crippen LogP contribution in [0.2, 0.25) is 0 Å². The summed E-state index contributed by atoms with van der Waals surface area (Å²) >= 11 is 1.44. The molecule has 164 valence electrons. The van der Waals surface area contributed by atoms with Gasteiger partial charge in [0.25, 0.3) is 0 Å². The van der Waals surface area contributed by atoms with Gasteiger partial charge < -0.3 is 10.1 Å². The van der Waals surface area contributed by atoms with Crippen molar-refractivity contribution < 1.29 is 9.53 Å². The summed E-state index contributed by atoms with van der Waals surface area (Å²) in [6.07, 6.45) is 3.72. The number of thioether (sulfide) groups is 1. The van der Waals surface area contributed by atoms with Crippen LogP contribution in [0.5, 0.6) is 5.75 Å². The molecular formula is C22H33N5O2S. The molecule has 2 aromatic rings. The van der Waals surface area contributed by atoms with Crippen LogP contribution in [0, 0.1) is 0 Å². The third-order valence-corrected chi connectivity index (χ3v) is 6.43. The monoisotopic (exact) mass is 431 g/mol. The number of hydrogen-bond donors (Lipinski definition) is 1. The number of amides is 1. The number of ether oxygens (including phenoxy) is 1. The van der Waals surface area contributed by atoms with Crippen LogP contribution < -0.4 is 10.1 Å². The molecule has 1 N–H and O–H groups in total. The average Bonchev–Trinajstić information content (AvgIpc) is 3.16. The van der Waals surface area contributed by atoms with Crippen molar-refractivity contribution in [3.63, 3.8) is 0 Å². The van der Waals surface area contributed by atoms with E-state index >= 15 is 0 Å². The van der Waals surface area contributed by atoms with E-state index in [9.17, 15) is 4.79 Å². The molecule has 1 saturated heterocycles. The van der Waals surface area contributed by atoms with Crippen LogP contribution in [-0.2, 0) is 4.79 Å². The number of benzene rings is 1. The van der Waals surface area contributed by atoms with Gasteiger partial charge in [0.15, 0.2) is 11.0 Å². The zero-order valence-electron chi connectivity index (χ0n) is 18.6. The van der Waals surface area contributed by atoms with Gasteiger partial charge in [-0.25, -0.2) is 0 Å². The van der Waals surface area contributed by atoms with E-state index in [1.165, 1.54) is 31.0 Å². The van der Waals surface area contributed by atoms with Gasteiger partial charge in [-0.1, -0.05) is 18.2 Å². The number of carbonyl (C=O) groups is 1. The standard InChI is InChI=1S/C22H33N5O2S/c1-15(2)23-21(28)17(4)30-22-25-24-20(16(3)26-13-7-6-8-14-26)27(22)18-9-11-19(29-5)12-10-18/h9-12,15-17H,6-8,13-14H2,1-5H3,(H,23,28)/t16-,17+/m0/s1. The maximum Gasteiger partial charge on any atom is 0.233 e. The van der Waals surface area contributed by atoms with Crippen molar-refractivity contribution in [3.8, 4) is 11.4 Å². The lowest BCUT2D eigenvalue weighted by Gasteiger charge is -2.32. The van der Waals surface area contributed by atoms with Crippen molar-refractivity contribution in [2.24, 2.45) is 0 Å². The summed E-state index contributed by atoms with van der Waals surface area (Å²) in [6.45, 7) is 10.2. The second kappa shape index (κ2) is 10.3. The lowest BCUT2D eigenvalue weighted by atomic mass is 10.1. The Morgan fingerprint density at radius 2 is 1.73 bits per heavy atom.